The summed E-state index contributed by atoms with van der Waals surface area (Å²) < 4.78 is 14.1. The lowest BCUT2D eigenvalue weighted by atomic mass is 10.2. The molecule has 1 N–H and O–H groups in total. The Morgan fingerprint density at radius 3 is 2.48 bits per heavy atom. The van der Waals surface area contributed by atoms with Gasteiger partial charge >= 0.3 is 0 Å². The second kappa shape index (κ2) is 8.22. The molecule has 1 aliphatic carbocycles. The fourth-order valence-electron chi connectivity index (χ4n) is 2.46. The van der Waals surface area contributed by atoms with Crippen LogP contribution < -0.4 is 5.32 Å². The van der Waals surface area contributed by atoms with Gasteiger partial charge in [0.2, 0.25) is 11.9 Å². The number of anilines is 1. The lowest BCUT2D eigenvalue weighted by molar-refractivity contribution is -0.117. The Morgan fingerprint density at radius 2 is 1.93 bits per heavy atom. The van der Waals surface area contributed by atoms with Crippen LogP contribution in [0.5, 0.6) is 0 Å². The van der Waals surface area contributed by atoms with Crippen molar-refractivity contribution in [3.63, 3.8) is 0 Å². The SMILES string of the molecule is N#Cc1cnc(NC(=O)CN(CC2CC2F)C(=O)c2ccc(Br)cc2)nc1. The van der Waals surface area contributed by atoms with Gasteiger partial charge in [-0.3, -0.25) is 14.9 Å². The molecule has 1 aromatic heterocycles. The molecule has 1 fully saturated rings. The van der Waals surface area contributed by atoms with Crippen LogP contribution >= 0.6 is 15.9 Å². The molecular formula is C18H15BrFN5O2. The fraction of sp³-hybridized carbons (Fsp3) is 0.278. The number of benzene rings is 1. The van der Waals surface area contributed by atoms with Crippen molar-refractivity contribution in [2.45, 2.75) is 12.6 Å². The lowest BCUT2D eigenvalue weighted by Gasteiger charge is -2.22. The highest BCUT2D eigenvalue weighted by Gasteiger charge is 2.40. The van der Waals surface area contributed by atoms with Gasteiger partial charge in [-0.2, -0.15) is 5.26 Å². The number of carbonyl (C=O) groups excluding carboxylic acids is 2. The van der Waals surface area contributed by atoms with E-state index in [1.54, 1.807) is 24.3 Å². The van der Waals surface area contributed by atoms with Crippen molar-refractivity contribution >= 4 is 33.7 Å². The summed E-state index contributed by atoms with van der Waals surface area (Å²) in [5.41, 5.74) is 0.680. The van der Waals surface area contributed by atoms with Crippen molar-refractivity contribution in [1.82, 2.24) is 14.9 Å². The van der Waals surface area contributed by atoms with E-state index in [-0.39, 0.29) is 36.4 Å². The highest BCUT2D eigenvalue weighted by atomic mass is 79.9. The van der Waals surface area contributed by atoms with Gasteiger partial charge in [-0.25, -0.2) is 14.4 Å². The molecule has 0 aliphatic heterocycles. The van der Waals surface area contributed by atoms with Gasteiger partial charge in [-0.05, 0) is 30.7 Å². The number of halogens is 2. The first-order chi connectivity index (χ1) is 13.0. The topological polar surface area (TPSA) is 99.0 Å². The summed E-state index contributed by atoms with van der Waals surface area (Å²) in [6.45, 7) is -0.0841. The number of nitrogens with zero attached hydrogens (tertiary/aromatic N) is 4. The van der Waals surface area contributed by atoms with E-state index in [9.17, 15) is 14.0 Å². The van der Waals surface area contributed by atoms with Gasteiger partial charge in [0.25, 0.3) is 5.91 Å². The molecule has 2 unspecified atom stereocenters. The number of alkyl halides is 1. The van der Waals surface area contributed by atoms with Crippen molar-refractivity contribution < 1.29 is 14.0 Å². The second-order valence-electron chi connectivity index (χ2n) is 6.16. The van der Waals surface area contributed by atoms with Gasteiger partial charge in [-0.15, -0.1) is 0 Å². The van der Waals surface area contributed by atoms with E-state index < -0.39 is 12.1 Å². The Morgan fingerprint density at radius 1 is 1.30 bits per heavy atom. The standard InChI is InChI=1S/C18H15BrFN5O2/c19-14-3-1-12(2-4-14)17(27)25(9-13-5-15(13)20)10-16(26)24-18-22-7-11(6-21)8-23-18/h1-4,7-8,13,15H,5,9-10H2,(H,22,23,24,26). The molecule has 7 nitrogen and oxygen atoms in total. The van der Waals surface area contributed by atoms with Crippen molar-refractivity contribution in [2.75, 3.05) is 18.4 Å². The monoisotopic (exact) mass is 431 g/mol. The average molecular weight is 432 g/mol. The number of hydrogen-bond acceptors (Lipinski definition) is 5. The normalized spacial score (nSPS) is 17.7. The molecule has 0 bridgehead atoms. The molecule has 2 atom stereocenters. The molecule has 9 heteroatoms. The molecule has 1 heterocycles. The van der Waals surface area contributed by atoms with Crippen LogP contribution in [0.25, 0.3) is 0 Å². The van der Waals surface area contributed by atoms with Crippen molar-refractivity contribution in [3.05, 3.63) is 52.3 Å². The van der Waals surface area contributed by atoms with Crippen LogP contribution in [0, 0.1) is 17.2 Å². The van der Waals surface area contributed by atoms with Crippen molar-refractivity contribution in [1.29, 1.82) is 5.26 Å². The highest BCUT2D eigenvalue weighted by Crippen LogP contribution is 2.34. The average Bonchev–Trinajstić information content (AvgIpc) is 3.36. The quantitative estimate of drug-likeness (QED) is 0.757. The second-order valence-corrected chi connectivity index (χ2v) is 7.08. The third-order valence-corrected chi connectivity index (χ3v) is 4.56. The number of nitriles is 1. The van der Waals surface area contributed by atoms with E-state index >= 15 is 0 Å². The maximum absolute atomic E-state index is 13.3. The van der Waals surface area contributed by atoms with Gasteiger partial charge in [-0.1, -0.05) is 15.9 Å². The molecule has 2 aromatic rings. The summed E-state index contributed by atoms with van der Waals surface area (Å²) in [6, 6.07) is 8.61. The van der Waals surface area contributed by atoms with Crippen molar-refractivity contribution in [3.8, 4) is 6.07 Å². The zero-order chi connectivity index (χ0) is 19.4. The Bertz CT molecular complexity index is 882. The predicted molar refractivity (Wildman–Crippen MR) is 98.4 cm³/mol. The summed E-state index contributed by atoms with van der Waals surface area (Å²) in [5.74, 6) is -1.06. The lowest BCUT2D eigenvalue weighted by Crippen LogP contribution is -2.39. The largest absolute Gasteiger partial charge is 0.329 e. The predicted octanol–water partition coefficient (Wildman–Crippen LogP) is 2.55. The summed E-state index contributed by atoms with van der Waals surface area (Å²) in [7, 11) is 0. The molecular weight excluding hydrogens is 417 g/mol. The van der Waals surface area contributed by atoms with Crippen LogP contribution in [-0.2, 0) is 4.79 Å². The number of amides is 2. The molecule has 27 heavy (non-hydrogen) atoms. The first-order valence-electron chi connectivity index (χ1n) is 8.17. The maximum atomic E-state index is 13.3. The molecule has 3 rings (SSSR count). The third-order valence-electron chi connectivity index (χ3n) is 4.04. The minimum Gasteiger partial charge on any atom is -0.329 e. The van der Waals surface area contributed by atoms with E-state index in [4.69, 9.17) is 5.26 Å². The van der Waals surface area contributed by atoms with Crippen LogP contribution in [-0.4, -0.2) is 45.9 Å². The Labute approximate surface area is 163 Å². The molecule has 2 amide bonds. The number of carbonyl (C=O) groups is 2. The zero-order valence-corrected chi connectivity index (χ0v) is 15.7. The highest BCUT2D eigenvalue weighted by molar-refractivity contribution is 9.10. The molecule has 1 saturated carbocycles. The minimum atomic E-state index is -0.935. The summed E-state index contributed by atoms with van der Waals surface area (Å²) >= 11 is 3.30. The molecule has 0 saturated heterocycles. The van der Waals surface area contributed by atoms with E-state index in [0.717, 1.165) is 4.47 Å². The van der Waals surface area contributed by atoms with E-state index in [0.29, 0.717) is 12.0 Å². The van der Waals surface area contributed by atoms with Gasteiger partial charge in [0.05, 0.1) is 18.0 Å². The number of rotatable bonds is 6. The van der Waals surface area contributed by atoms with Crippen LogP contribution in [0.4, 0.5) is 10.3 Å². The number of hydrogen-bond donors (Lipinski definition) is 1. The number of aromatic nitrogens is 2. The third kappa shape index (κ3) is 5.08. The summed E-state index contributed by atoms with van der Waals surface area (Å²) in [6.07, 6.45) is 2.02. The Balaban J connectivity index is 1.68. The molecule has 0 spiro atoms. The molecule has 1 aromatic carbocycles. The van der Waals surface area contributed by atoms with Crippen LogP contribution in [0.2, 0.25) is 0 Å². The van der Waals surface area contributed by atoms with Crippen LogP contribution in [0.15, 0.2) is 41.1 Å². The van der Waals surface area contributed by atoms with E-state index in [2.05, 4.69) is 31.2 Å². The Kier molecular flexibility index (Phi) is 5.76. The summed E-state index contributed by atoms with van der Waals surface area (Å²) in [5, 5.41) is 11.2. The van der Waals surface area contributed by atoms with Gasteiger partial charge in [0.15, 0.2) is 0 Å². The molecule has 0 radical (unpaired) electrons. The van der Waals surface area contributed by atoms with E-state index in [1.165, 1.54) is 17.3 Å². The zero-order valence-electron chi connectivity index (χ0n) is 14.1. The van der Waals surface area contributed by atoms with Gasteiger partial charge in [0, 0.05) is 22.5 Å². The van der Waals surface area contributed by atoms with E-state index in [1.807, 2.05) is 6.07 Å². The van der Waals surface area contributed by atoms with Gasteiger partial charge in [0.1, 0.15) is 18.8 Å². The first kappa shape index (κ1) is 18.9. The number of nitrogens with one attached hydrogen (secondary N) is 1. The maximum Gasteiger partial charge on any atom is 0.254 e. The minimum absolute atomic E-state index is 0.0323. The van der Waals surface area contributed by atoms with Crippen molar-refractivity contribution in [2.24, 2.45) is 5.92 Å². The molecule has 1 aliphatic rings. The van der Waals surface area contributed by atoms with Gasteiger partial charge < -0.3 is 4.90 Å². The summed E-state index contributed by atoms with van der Waals surface area (Å²) in [4.78, 5) is 34.1. The smallest absolute Gasteiger partial charge is 0.254 e. The molecule has 138 valence electrons. The van der Waals surface area contributed by atoms with Crippen LogP contribution in [0.3, 0.4) is 0 Å². The van der Waals surface area contributed by atoms with Crippen LogP contribution in [0.1, 0.15) is 22.3 Å². The Hall–Kier alpha value is -2.86. The first-order valence-corrected chi connectivity index (χ1v) is 8.96. The fourth-order valence-corrected chi connectivity index (χ4v) is 2.73.